The average molecular weight is 316 g/mol. The molecule has 1 aromatic heterocycles. The highest BCUT2D eigenvalue weighted by molar-refractivity contribution is 6.06. The second-order valence-corrected chi connectivity index (χ2v) is 6.67. The molecule has 0 spiro atoms. The molecular weight excluding hydrogens is 292 g/mol. The van der Waals surface area contributed by atoms with Gasteiger partial charge in [-0.05, 0) is 31.0 Å². The lowest BCUT2D eigenvalue weighted by Gasteiger charge is -2.29. The van der Waals surface area contributed by atoms with Crippen LogP contribution in [-0.4, -0.2) is 36.9 Å². The van der Waals surface area contributed by atoms with Crippen LogP contribution in [0.25, 0.3) is 10.9 Å². The van der Waals surface area contributed by atoms with Crippen LogP contribution in [0.4, 0.5) is 0 Å². The van der Waals surface area contributed by atoms with Gasteiger partial charge in [-0.25, -0.2) is 0 Å². The monoisotopic (exact) mass is 316 g/mol. The molecule has 0 unspecified atom stereocenters. The van der Waals surface area contributed by atoms with Gasteiger partial charge < -0.3 is 19.8 Å². The van der Waals surface area contributed by atoms with E-state index in [4.69, 9.17) is 9.47 Å². The molecule has 2 aromatic rings. The Labute approximate surface area is 136 Å². The molecule has 0 saturated carbocycles. The molecule has 2 heterocycles. The third-order valence-corrected chi connectivity index (χ3v) is 4.38. The standard InChI is InChI=1S/C18H24N2O3/c1-18(2,17-22-11-12-23-17)8-4-9-20-16(21)14-5-3-6-15-13(14)7-10-19-15/h3,5-7,10,17,19H,4,8-9,11-12H2,1-2H3,(H,20,21). The van der Waals surface area contributed by atoms with Gasteiger partial charge in [0.05, 0.1) is 13.2 Å². The summed E-state index contributed by atoms with van der Waals surface area (Å²) in [6, 6.07) is 7.65. The normalized spacial score (nSPS) is 16.1. The van der Waals surface area contributed by atoms with Gasteiger partial charge in [-0.3, -0.25) is 4.79 Å². The van der Waals surface area contributed by atoms with Crippen molar-refractivity contribution in [3.63, 3.8) is 0 Å². The number of carbonyl (C=O) groups excluding carboxylic acids is 1. The van der Waals surface area contributed by atoms with Crippen molar-refractivity contribution in [1.82, 2.24) is 10.3 Å². The van der Waals surface area contributed by atoms with Crippen molar-refractivity contribution < 1.29 is 14.3 Å². The maximum atomic E-state index is 12.4. The number of benzene rings is 1. The highest BCUT2D eigenvalue weighted by Gasteiger charge is 2.33. The summed E-state index contributed by atoms with van der Waals surface area (Å²) < 4.78 is 11.2. The van der Waals surface area contributed by atoms with Crippen molar-refractivity contribution in [2.45, 2.75) is 33.0 Å². The lowest BCUT2D eigenvalue weighted by molar-refractivity contribution is -0.122. The number of ether oxygens (including phenoxy) is 2. The molecule has 1 aliphatic heterocycles. The number of hydrogen-bond donors (Lipinski definition) is 2. The molecule has 2 N–H and O–H groups in total. The van der Waals surface area contributed by atoms with Gasteiger partial charge in [0.25, 0.3) is 5.91 Å². The maximum Gasteiger partial charge on any atom is 0.251 e. The first-order chi connectivity index (χ1) is 11.1. The van der Waals surface area contributed by atoms with Crippen molar-refractivity contribution in [2.75, 3.05) is 19.8 Å². The first-order valence-electron chi connectivity index (χ1n) is 8.15. The zero-order valence-corrected chi connectivity index (χ0v) is 13.7. The van der Waals surface area contributed by atoms with Crippen LogP contribution in [-0.2, 0) is 9.47 Å². The van der Waals surface area contributed by atoms with E-state index in [9.17, 15) is 4.79 Å². The van der Waals surface area contributed by atoms with Gasteiger partial charge in [0.15, 0.2) is 6.29 Å². The Balaban J connectivity index is 1.50. The molecule has 1 fully saturated rings. The summed E-state index contributed by atoms with van der Waals surface area (Å²) in [6.07, 6.45) is 3.55. The van der Waals surface area contributed by atoms with Crippen molar-refractivity contribution in [3.8, 4) is 0 Å². The van der Waals surface area contributed by atoms with Crippen molar-refractivity contribution in [2.24, 2.45) is 5.41 Å². The SMILES string of the molecule is CC(C)(CCCNC(=O)c1cccc2[nH]ccc12)C1OCCO1. The Morgan fingerprint density at radius 2 is 2.09 bits per heavy atom. The van der Waals surface area contributed by atoms with Gasteiger partial charge in [0.1, 0.15) is 0 Å². The molecule has 0 radical (unpaired) electrons. The number of nitrogens with one attached hydrogen (secondary N) is 2. The lowest BCUT2D eigenvalue weighted by atomic mass is 9.87. The summed E-state index contributed by atoms with van der Waals surface area (Å²) in [6.45, 7) is 6.28. The van der Waals surface area contributed by atoms with Crippen LogP contribution >= 0.6 is 0 Å². The number of rotatable bonds is 6. The molecule has 0 bridgehead atoms. The Morgan fingerprint density at radius 1 is 1.30 bits per heavy atom. The molecule has 0 aliphatic carbocycles. The van der Waals surface area contributed by atoms with E-state index in [1.807, 2.05) is 30.5 Å². The van der Waals surface area contributed by atoms with E-state index in [0.717, 1.165) is 23.7 Å². The smallest absolute Gasteiger partial charge is 0.251 e. The molecule has 1 amide bonds. The summed E-state index contributed by atoms with van der Waals surface area (Å²) >= 11 is 0. The largest absolute Gasteiger partial charge is 0.361 e. The number of hydrogen-bond acceptors (Lipinski definition) is 3. The minimum Gasteiger partial charge on any atom is -0.361 e. The predicted octanol–water partition coefficient (Wildman–Crippen LogP) is 3.08. The van der Waals surface area contributed by atoms with E-state index >= 15 is 0 Å². The zero-order chi connectivity index (χ0) is 16.3. The summed E-state index contributed by atoms with van der Waals surface area (Å²) in [7, 11) is 0. The molecule has 1 saturated heterocycles. The van der Waals surface area contributed by atoms with Crippen LogP contribution in [0.3, 0.4) is 0 Å². The van der Waals surface area contributed by atoms with Crippen LogP contribution in [0.15, 0.2) is 30.5 Å². The van der Waals surface area contributed by atoms with Gasteiger partial charge in [0.2, 0.25) is 0 Å². The zero-order valence-electron chi connectivity index (χ0n) is 13.7. The predicted molar refractivity (Wildman–Crippen MR) is 89.3 cm³/mol. The number of amides is 1. The Hall–Kier alpha value is -1.85. The van der Waals surface area contributed by atoms with Crippen LogP contribution < -0.4 is 5.32 Å². The summed E-state index contributed by atoms with van der Waals surface area (Å²) in [4.78, 5) is 15.5. The first-order valence-corrected chi connectivity index (χ1v) is 8.15. The molecule has 5 nitrogen and oxygen atoms in total. The highest BCUT2D eigenvalue weighted by atomic mass is 16.7. The van der Waals surface area contributed by atoms with E-state index in [2.05, 4.69) is 24.1 Å². The van der Waals surface area contributed by atoms with Crippen LogP contribution in [0.1, 0.15) is 37.0 Å². The van der Waals surface area contributed by atoms with Crippen LogP contribution in [0.5, 0.6) is 0 Å². The van der Waals surface area contributed by atoms with E-state index < -0.39 is 0 Å². The minimum atomic E-state index is -0.133. The number of fused-ring (bicyclic) bond motifs is 1. The minimum absolute atomic E-state index is 0.0265. The molecule has 3 rings (SSSR count). The summed E-state index contributed by atoms with van der Waals surface area (Å²) in [5.41, 5.74) is 1.65. The molecule has 124 valence electrons. The number of aromatic amines is 1. The molecule has 23 heavy (non-hydrogen) atoms. The van der Waals surface area contributed by atoms with Gasteiger partial charge in [-0.1, -0.05) is 19.9 Å². The van der Waals surface area contributed by atoms with Crippen molar-refractivity contribution >= 4 is 16.8 Å². The van der Waals surface area contributed by atoms with Gasteiger partial charge in [-0.2, -0.15) is 0 Å². The van der Waals surface area contributed by atoms with E-state index in [1.165, 1.54) is 0 Å². The van der Waals surface area contributed by atoms with Crippen molar-refractivity contribution in [3.05, 3.63) is 36.0 Å². The summed E-state index contributed by atoms with van der Waals surface area (Å²) in [5.74, 6) is -0.0265. The van der Waals surface area contributed by atoms with Crippen LogP contribution in [0, 0.1) is 5.41 Å². The van der Waals surface area contributed by atoms with Gasteiger partial charge >= 0.3 is 0 Å². The number of carbonyl (C=O) groups is 1. The second-order valence-electron chi connectivity index (χ2n) is 6.67. The Morgan fingerprint density at radius 3 is 2.87 bits per heavy atom. The van der Waals surface area contributed by atoms with E-state index in [1.54, 1.807) is 0 Å². The second kappa shape index (κ2) is 6.72. The fourth-order valence-corrected chi connectivity index (χ4v) is 3.05. The average Bonchev–Trinajstić information content (AvgIpc) is 3.21. The molecular formula is C18H24N2O3. The van der Waals surface area contributed by atoms with E-state index in [-0.39, 0.29) is 17.6 Å². The van der Waals surface area contributed by atoms with Gasteiger partial charge in [0, 0.05) is 34.6 Å². The topological polar surface area (TPSA) is 63.4 Å². The number of aromatic nitrogens is 1. The van der Waals surface area contributed by atoms with Crippen LogP contribution in [0.2, 0.25) is 0 Å². The summed E-state index contributed by atoms with van der Waals surface area (Å²) in [5, 5.41) is 3.97. The van der Waals surface area contributed by atoms with E-state index in [0.29, 0.717) is 25.3 Å². The third kappa shape index (κ3) is 3.57. The Kier molecular flexibility index (Phi) is 4.68. The molecule has 5 heteroatoms. The third-order valence-electron chi connectivity index (χ3n) is 4.38. The molecule has 0 atom stereocenters. The first kappa shape index (κ1) is 16.0. The quantitative estimate of drug-likeness (QED) is 0.805. The van der Waals surface area contributed by atoms with Gasteiger partial charge in [-0.15, -0.1) is 0 Å². The Bertz CT molecular complexity index is 672. The lowest BCUT2D eigenvalue weighted by Crippen LogP contribution is -2.32. The molecule has 1 aliphatic rings. The fourth-order valence-electron chi connectivity index (χ4n) is 3.05. The molecule has 1 aromatic carbocycles. The number of H-pyrrole nitrogens is 1. The highest BCUT2D eigenvalue weighted by Crippen LogP contribution is 2.31. The fraction of sp³-hybridized carbons (Fsp3) is 0.500. The maximum absolute atomic E-state index is 12.4. The van der Waals surface area contributed by atoms with Crippen molar-refractivity contribution in [1.29, 1.82) is 0 Å².